The standard InChI is InChI=1S/C29H34N2/c1-29(2,3)26-18-30-28(23-11-7-10-22(17-23)21-8-5-4-6-9-21)31(26)27-24-13-19-12-20(15-24)16-25(27)14-19/h4-11,17-20,24-25,27H,12-16H2,1-3H3. The lowest BCUT2D eigenvalue weighted by molar-refractivity contribution is -0.0301. The molecule has 160 valence electrons. The van der Waals surface area contributed by atoms with Crippen LogP contribution in [0.2, 0.25) is 0 Å². The normalized spacial score (nSPS) is 29.5. The lowest BCUT2D eigenvalue weighted by Crippen LogP contribution is -2.46. The Morgan fingerprint density at radius 3 is 2.00 bits per heavy atom. The Labute approximate surface area is 186 Å². The molecule has 0 aliphatic heterocycles. The summed E-state index contributed by atoms with van der Waals surface area (Å²) in [6.45, 7) is 7.04. The predicted molar refractivity (Wildman–Crippen MR) is 128 cm³/mol. The summed E-state index contributed by atoms with van der Waals surface area (Å²) in [7, 11) is 0. The van der Waals surface area contributed by atoms with Crippen LogP contribution in [-0.4, -0.2) is 9.55 Å². The van der Waals surface area contributed by atoms with Gasteiger partial charge >= 0.3 is 0 Å². The molecule has 4 bridgehead atoms. The minimum Gasteiger partial charge on any atom is -0.324 e. The highest BCUT2D eigenvalue weighted by atomic mass is 15.1. The van der Waals surface area contributed by atoms with Gasteiger partial charge < -0.3 is 4.57 Å². The van der Waals surface area contributed by atoms with Gasteiger partial charge in [-0.1, -0.05) is 69.3 Å². The van der Waals surface area contributed by atoms with Gasteiger partial charge in [0.1, 0.15) is 5.82 Å². The van der Waals surface area contributed by atoms with Crippen LogP contribution < -0.4 is 0 Å². The zero-order valence-corrected chi connectivity index (χ0v) is 19.1. The Kier molecular flexibility index (Phi) is 4.42. The van der Waals surface area contributed by atoms with E-state index in [1.807, 2.05) is 0 Å². The quantitative estimate of drug-likeness (QED) is 0.437. The molecule has 4 aliphatic carbocycles. The summed E-state index contributed by atoms with van der Waals surface area (Å²) < 4.78 is 2.71. The predicted octanol–water partition coefficient (Wildman–Crippen LogP) is 7.51. The van der Waals surface area contributed by atoms with Gasteiger partial charge in [-0.15, -0.1) is 0 Å². The molecular weight excluding hydrogens is 376 g/mol. The van der Waals surface area contributed by atoms with E-state index in [4.69, 9.17) is 4.98 Å². The molecule has 0 atom stereocenters. The van der Waals surface area contributed by atoms with E-state index in [0.29, 0.717) is 6.04 Å². The molecule has 1 heterocycles. The molecule has 2 heteroatoms. The summed E-state index contributed by atoms with van der Waals surface area (Å²) >= 11 is 0. The Hall–Kier alpha value is -2.35. The van der Waals surface area contributed by atoms with Crippen LogP contribution in [0, 0.1) is 23.7 Å². The van der Waals surface area contributed by atoms with Crippen LogP contribution in [0.5, 0.6) is 0 Å². The van der Waals surface area contributed by atoms with Gasteiger partial charge in [0.05, 0.1) is 0 Å². The van der Waals surface area contributed by atoms with Crippen molar-refractivity contribution >= 4 is 0 Å². The van der Waals surface area contributed by atoms with Crippen molar-refractivity contribution in [1.29, 1.82) is 0 Å². The fourth-order valence-electron chi connectivity index (χ4n) is 7.22. The lowest BCUT2D eigenvalue weighted by Gasteiger charge is -2.55. The van der Waals surface area contributed by atoms with Crippen LogP contribution in [-0.2, 0) is 5.41 Å². The summed E-state index contributed by atoms with van der Waals surface area (Å²) in [6, 6.07) is 20.4. The van der Waals surface area contributed by atoms with Crippen molar-refractivity contribution in [2.45, 2.75) is 64.3 Å². The molecule has 4 saturated carbocycles. The summed E-state index contributed by atoms with van der Waals surface area (Å²) in [5.41, 5.74) is 5.30. The largest absolute Gasteiger partial charge is 0.324 e. The molecule has 0 N–H and O–H groups in total. The first-order valence-corrected chi connectivity index (χ1v) is 12.2. The van der Waals surface area contributed by atoms with Crippen LogP contribution in [0.25, 0.3) is 22.5 Å². The molecule has 2 nitrogen and oxygen atoms in total. The third-order valence-corrected chi connectivity index (χ3v) is 8.27. The molecule has 31 heavy (non-hydrogen) atoms. The summed E-state index contributed by atoms with van der Waals surface area (Å²) in [5, 5.41) is 0. The fraction of sp³-hybridized carbons (Fsp3) is 0.483. The minimum atomic E-state index is 0.0942. The number of nitrogens with zero attached hydrogens (tertiary/aromatic N) is 2. The highest BCUT2D eigenvalue weighted by molar-refractivity contribution is 5.70. The van der Waals surface area contributed by atoms with Crippen molar-refractivity contribution in [1.82, 2.24) is 9.55 Å². The van der Waals surface area contributed by atoms with Gasteiger partial charge in [0, 0.05) is 28.9 Å². The van der Waals surface area contributed by atoms with Gasteiger partial charge in [-0.25, -0.2) is 4.98 Å². The number of hydrogen-bond acceptors (Lipinski definition) is 1. The number of rotatable bonds is 3. The van der Waals surface area contributed by atoms with Gasteiger partial charge in [0.25, 0.3) is 0 Å². The molecular formula is C29H34N2. The fourth-order valence-corrected chi connectivity index (χ4v) is 7.22. The first kappa shape index (κ1) is 19.3. The first-order chi connectivity index (χ1) is 15.0. The molecule has 2 aromatic carbocycles. The van der Waals surface area contributed by atoms with Crippen LogP contribution in [0.1, 0.15) is 64.6 Å². The molecule has 0 saturated heterocycles. The number of imidazole rings is 1. The number of hydrogen-bond donors (Lipinski definition) is 0. The topological polar surface area (TPSA) is 17.8 Å². The van der Waals surface area contributed by atoms with E-state index >= 15 is 0 Å². The van der Waals surface area contributed by atoms with E-state index in [-0.39, 0.29) is 5.41 Å². The van der Waals surface area contributed by atoms with Gasteiger partial charge in [-0.3, -0.25) is 0 Å². The molecule has 3 aromatic rings. The van der Waals surface area contributed by atoms with Crippen molar-refractivity contribution in [3.8, 4) is 22.5 Å². The molecule has 0 unspecified atom stereocenters. The van der Waals surface area contributed by atoms with Gasteiger partial charge in [-0.2, -0.15) is 0 Å². The maximum Gasteiger partial charge on any atom is 0.140 e. The van der Waals surface area contributed by atoms with E-state index in [1.165, 1.54) is 60.3 Å². The van der Waals surface area contributed by atoms with Crippen LogP contribution in [0.4, 0.5) is 0 Å². The minimum absolute atomic E-state index is 0.0942. The Morgan fingerprint density at radius 2 is 1.35 bits per heavy atom. The van der Waals surface area contributed by atoms with E-state index < -0.39 is 0 Å². The van der Waals surface area contributed by atoms with E-state index in [9.17, 15) is 0 Å². The van der Waals surface area contributed by atoms with Crippen molar-refractivity contribution in [2.24, 2.45) is 23.7 Å². The highest BCUT2D eigenvalue weighted by Crippen LogP contribution is 2.59. The summed E-state index contributed by atoms with van der Waals surface area (Å²) in [4.78, 5) is 5.08. The van der Waals surface area contributed by atoms with E-state index in [1.54, 1.807) is 0 Å². The second-order valence-electron chi connectivity index (χ2n) is 11.5. The molecule has 1 aromatic heterocycles. The highest BCUT2D eigenvalue weighted by Gasteiger charge is 2.50. The van der Waals surface area contributed by atoms with Crippen LogP contribution in [0.15, 0.2) is 60.8 Å². The van der Waals surface area contributed by atoms with Crippen LogP contribution in [0.3, 0.4) is 0 Å². The third kappa shape index (κ3) is 3.26. The molecule has 0 spiro atoms. The second kappa shape index (κ2) is 7.08. The van der Waals surface area contributed by atoms with Gasteiger partial charge in [0.15, 0.2) is 0 Å². The molecule has 4 fully saturated rings. The third-order valence-electron chi connectivity index (χ3n) is 8.27. The molecule has 0 amide bonds. The Bertz CT molecular complexity index is 1060. The van der Waals surface area contributed by atoms with Crippen molar-refractivity contribution in [3.63, 3.8) is 0 Å². The van der Waals surface area contributed by atoms with Crippen molar-refractivity contribution in [3.05, 3.63) is 66.5 Å². The average Bonchev–Trinajstić information content (AvgIpc) is 3.19. The van der Waals surface area contributed by atoms with Crippen molar-refractivity contribution in [2.75, 3.05) is 0 Å². The second-order valence-corrected chi connectivity index (χ2v) is 11.5. The Balaban J connectivity index is 1.48. The monoisotopic (exact) mass is 410 g/mol. The number of benzene rings is 2. The van der Waals surface area contributed by atoms with E-state index in [0.717, 1.165) is 23.7 Å². The molecule has 4 aliphatic rings. The lowest BCUT2D eigenvalue weighted by atomic mass is 9.54. The van der Waals surface area contributed by atoms with Gasteiger partial charge in [0.2, 0.25) is 0 Å². The van der Waals surface area contributed by atoms with E-state index in [2.05, 4.69) is 86.1 Å². The van der Waals surface area contributed by atoms with Crippen LogP contribution >= 0.6 is 0 Å². The first-order valence-electron chi connectivity index (χ1n) is 12.2. The smallest absolute Gasteiger partial charge is 0.140 e. The maximum atomic E-state index is 5.08. The molecule has 0 radical (unpaired) electrons. The zero-order valence-electron chi connectivity index (χ0n) is 19.1. The number of aromatic nitrogens is 2. The molecule has 7 rings (SSSR count). The zero-order chi connectivity index (χ0) is 21.2. The SMILES string of the molecule is CC(C)(C)c1cnc(-c2cccc(-c3ccccc3)c2)n1C1C2CC3CC(C2)CC1C3. The average molecular weight is 411 g/mol. The summed E-state index contributed by atoms with van der Waals surface area (Å²) in [5.74, 6) is 4.83. The Morgan fingerprint density at radius 1 is 0.742 bits per heavy atom. The van der Waals surface area contributed by atoms with Crippen molar-refractivity contribution < 1.29 is 0 Å². The van der Waals surface area contributed by atoms with Gasteiger partial charge in [-0.05, 0) is 73.0 Å². The maximum absolute atomic E-state index is 5.08. The summed E-state index contributed by atoms with van der Waals surface area (Å²) in [6.07, 6.45) is 9.41.